The van der Waals surface area contributed by atoms with Gasteiger partial charge in [-0.15, -0.1) is 11.6 Å². The van der Waals surface area contributed by atoms with Crippen molar-refractivity contribution in [1.82, 2.24) is 0 Å². The molecule has 0 fully saturated rings. The molecular weight excluding hydrogens is 212 g/mol. The van der Waals surface area contributed by atoms with Gasteiger partial charge in [-0.25, -0.2) is 0 Å². The van der Waals surface area contributed by atoms with E-state index in [-0.39, 0.29) is 0 Å². The number of fused-ring (bicyclic) bond motifs is 1. The molecule has 0 unspecified atom stereocenters. The van der Waals surface area contributed by atoms with Crippen molar-refractivity contribution in [3.8, 4) is 11.5 Å². The van der Waals surface area contributed by atoms with Crippen LogP contribution in [0.4, 0.5) is 0 Å². The summed E-state index contributed by atoms with van der Waals surface area (Å²) in [4.78, 5) is 0. The molecule has 0 N–H and O–H groups in total. The van der Waals surface area contributed by atoms with Crippen molar-refractivity contribution in [2.45, 2.75) is 6.42 Å². The van der Waals surface area contributed by atoms with E-state index in [0.29, 0.717) is 5.88 Å². The van der Waals surface area contributed by atoms with E-state index in [0.717, 1.165) is 36.7 Å². The van der Waals surface area contributed by atoms with Gasteiger partial charge in [-0.2, -0.15) is 0 Å². The van der Waals surface area contributed by atoms with Crippen molar-refractivity contribution < 1.29 is 9.47 Å². The Morgan fingerprint density at radius 2 is 2.00 bits per heavy atom. The highest BCUT2D eigenvalue weighted by atomic mass is 35.5. The van der Waals surface area contributed by atoms with Crippen LogP contribution >= 0.6 is 11.6 Å². The van der Waals surface area contributed by atoms with Gasteiger partial charge in [-0.1, -0.05) is 18.2 Å². The minimum Gasteiger partial charge on any atom is -0.490 e. The first kappa shape index (κ1) is 10.4. The lowest BCUT2D eigenvalue weighted by Crippen LogP contribution is -1.97. The Morgan fingerprint density at radius 1 is 1.20 bits per heavy atom. The summed E-state index contributed by atoms with van der Waals surface area (Å²) in [5.74, 6) is 2.17. The molecule has 0 aliphatic carbocycles. The number of halogens is 1. The van der Waals surface area contributed by atoms with Gasteiger partial charge in [-0.3, -0.25) is 0 Å². The monoisotopic (exact) mass is 224 g/mol. The third kappa shape index (κ3) is 2.66. The summed E-state index contributed by atoms with van der Waals surface area (Å²) in [6, 6.07) is 5.91. The second-order valence-corrected chi connectivity index (χ2v) is 3.62. The first-order valence-electron chi connectivity index (χ1n) is 5.02. The van der Waals surface area contributed by atoms with Gasteiger partial charge in [-0.05, 0) is 17.7 Å². The van der Waals surface area contributed by atoms with Crippen LogP contribution in [0.5, 0.6) is 11.5 Å². The van der Waals surface area contributed by atoms with E-state index < -0.39 is 0 Å². The average molecular weight is 225 g/mol. The van der Waals surface area contributed by atoms with Crippen LogP contribution in [0.25, 0.3) is 6.08 Å². The third-order valence-corrected chi connectivity index (χ3v) is 2.35. The fourth-order valence-corrected chi connectivity index (χ4v) is 1.55. The topological polar surface area (TPSA) is 18.5 Å². The fourth-order valence-electron chi connectivity index (χ4n) is 1.46. The minimum absolute atomic E-state index is 0.522. The molecule has 0 saturated carbocycles. The van der Waals surface area contributed by atoms with Crippen molar-refractivity contribution in [3.05, 3.63) is 29.8 Å². The Bertz CT molecular complexity index is 361. The van der Waals surface area contributed by atoms with E-state index in [9.17, 15) is 0 Å². The predicted molar refractivity (Wildman–Crippen MR) is 61.8 cm³/mol. The van der Waals surface area contributed by atoms with E-state index in [4.69, 9.17) is 21.1 Å². The average Bonchev–Trinajstić information content (AvgIpc) is 2.50. The molecule has 1 aliphatic heterocycles. The Labute approximate surface area is 94.5 Å². The van der Waals surface area contributed by atoms with Gasteiger partial charge in [0.1, 0.15) is 0 Å². The van der Waals surface area contributed by atoms with Crippen LogP contribution in [0.3, 0.4) is 0 Å². The lowest BCUT2D eigenvalue weighted by molar-refractivity contribution is 0.297. The molecule has 2 rings (SSSR count). The van der Waals surface area contributed by atoms with Crippen LogP contribution in [0.1, 0.15) is 12.0 Å². The van der Waals surface area contributed by atoms with Gasteiger partial charge in [0, 0.05) is 12.3 Å². The number of alkyl halides is 1. The van der Waals surface area contributed by atoms with E-state index in [1.807, 2.05) is 30.4 Å². The highest BCUT2D eigenvalue weighted by Crippen LogP contribution is 2.30. The zero-order chi connectivity index (χ0) is 10.5. The van der Waals surface area contributed by atoms with Crippen molar-refractivity contribution in [3.63, 3.8) is 0 Å². The molecule has 0 amide bonds. The van der Waals surface area contributed by atoms with Crippen LogP contribution in [0, 0.1) is 0 Å². The lowest BCUT2D eigenvalue weighted by atomic mass is 10.2. The van der Waals surface area contributed by atoms with Crippen molar-refractivity contribution in [2.24, 2.45) is 0 Å². The standard InChI is InChI=1S/C12H13ClO2/c13-6-1-3-10-4-5-11-12(9-10)15-8-2-7-14-11/h1,3-5,9H,2,6-8H2. The molecule has 1 aromatic carbocycles. The Kier molecular flexibility index (Phi) is 3.51. The molecule has 0 aromatic heterocycles. The smallest absolute Gasteiger partial charge is 0.161 e. The molecule has 1 heterocycles. The van der Waals surface area contributed by atoms with Crippen molar-refractivity contribution in [2.75, 3.05) is 19.1 Å². The number of hydrogen-bond donors (Lipinski definition) is 0. The quantitative estimate of drug-likeness (QED) is 0.719. The fraction of sp³-hybridized carbons (Fsp3) is 0.333. The summed E-state index contributed by atoms with van der Waals surface area (Å²) in [6.45, 7) is 1.44. The lowest BCUT2D eigenvalue weighted by Gasteiger charge is -2.07. The second-order valence-electron chi connectivity index (χ2n) is 3.31. The first-order valence-corrected chi connectivity index (χ1v) is 5.56. The zero-order valence-electron chi connectivity index (χ0n) is 8.41. The number of rotatable bonds is 2. The maximum absolute atomic E-state index is 5.58. The SMILES string of the molecule is ClCC=Cc1ccc2c(c1)OCCCO2. The summed E-state index contributed by atoms with van der Waals surface area (Å²) in [5.41, 5.74) is 1.08. The van der Waals surface area contributed by atoms with Gasteiger partial charge < -0.3 is 9.47 Å². The largest absolute Gasteiger partial charge is 0.490 e. The number of allylic oxidation sites excluding steroid dienone is 1. The van der Waals surface area contributed by atoms with Gasteiger partial charge in [0.05, 0.1) is 13.2 Å². The van der Waals surface area contributed by atoms with E-state index >= 15 is 0 Å². The number of ether oxygens (including phenoxy) is 2. The third-order valence-electron chi connectivity index (χ3n) is 2.17. The van der Waals surface area contributed by atoms with Gasteiger partial charge in [0.25, 0.3) is 0 Å². The van der Waals surface area contributed by atoms with E-state index in [1.54, 1.807) is 0 Å². The maximum atomic E-state index is 5.58. The van der Waals surface area contributed by atoms with Gasteiger partial charge in [0.2, 0.25) is 0 Å². The Hall–Kier alpha value is -1.15. The summed E-state index contributed by atoms with van der Waals surface area (Å²) >= 11 is 5.58. The van der Waals surface area contributed by atoms with Gasteiger partial charge >= 0.3 is 0 Å². The first-order chi connectivity index (χ1) is 7.40. The van der Waals surface area contributed by atoms with Gasteiger partial charge in [0.15, 0.2) is 11.5 Å². The van der Waals surface area contributed by atoms with Crippen LogP contribution < -0.4 is 9.47 Å². The molecule has 1 aliphatic rings. The molecule has 0 bridgehead atoms. The molecule has 3 heteroatoms. The highest BCUT2D eigenvalue weighted by molar-refractivity contribution is 6.19. The van der Waals surface area contributed by atoms with Crippen molar-refractivity contribution in [1.29, 1.82) is 0 Å². The molecule has 0 atom stereocenters. The molecule has 0 radical (unpaired) electrons. The summed E-state index contributed by atoms with van der Waals surface area (Å²) < 4.78 is 11.1. The minimum atomic E-state index is 0.522. The molecule has 0 spiro atoms. The van der Waals surface area contributed by atoms with E-state index in [1.165, 1.54) is 0 Å². The summed E-state index contributed by atoms with van der Waals surface area (Å²) in [6.07, 6.45) is 4.81. The molecule has 0 saturated heterocycles. The highest BCUT2D eigenvalue weighted by Gasteiger charge is 2.09. The maximum Gasteiger partial charge on any atom is 0.161 e. The number of benzene rings is 1. The molecule has 2 nitrogen and oxygen atoms in total. The van der Waals surface area contributed by atoms with Crippen LogP contribution in [0.2, 0.25) is 0 Å². The molecular formula is C12H13ClO2. The zero-order valence-corrected chi connectivity index (χ0v) is 9.17. The summed E-state index contributed by atoms with van der Waals surface area (Å²) in [5, 5.41) is 0. The Balaban J connectivity index is 2.23. The van der Waals surface area contributed by atoms with E-state index in [2.05, 4.69) is 0 Å². The molecule has 1 aromatic rings. The summed E-state index contributed by atoms with van der Waals surface area (Å²) in [7, 11) is 0. The van der Waals surface area contributed by atoms with Crippen LogP contribution in [0.15, 0.2) is 24.3 Å². The van der Waals surface area contributed by atoms with Crippen LogP contribution in [-0.2, 0) is 0 Å². The van der Waals surface area contributed by atoms with Crippen molar-refractivity contribution >= 4 is 17.7 Å². The Morgan fingerprint density at radius 3 is 2.80 bits per heavy atom. The second kappa shape index (κ2) is 5.08. The van der Waals surface area contributed by atoms with Crippen LogP contribution in [-0.4, -0.2) is 19.1 Å². The molecule has 80 valence electrons. The number of hydrogen-bond acceptors (Lipinski definition) is 2. The predicted octanol–water partition coefficient (Wildman–Crippen LogP) is 3.10. The molecule has 15 heavy (non-hydrogen) atoms. The normalized spacial score (nSPS) is 15.3.